The predicted octanol–water partition coefficient (Wildman–Crippen LogP) is 2.79. The van der Waals surface area contributed by atoms with E-state index in [4.69, 9.17) is 0 Å². The van der Waals surface area contributed by atoms with Gasteiger partial charge in [0.1, 0.15) is 5.56 Å². The molecule has 0 saturated heterocycles. The maximum Gasteiger partial charge on any atom is 0.451 e. The second-order valence-electron chi connectivity index (χ2n) is 7.12. The van der Waals surface area contributed by atoms with Crippen LogP contribution in [0.15, 0.2) is 40.4 Å². The highest BCUT2D eigenvalue weighted by molar-refractivity contribution is 6.00. The lowest BCUT2D eigenvalue weighted by Gasteiger charge is -2.07. The molecule has 1 amide bonds. The molecule has 0 bridgehead atoms. The molecule has 0 spiro atoms. The number of fused-ring (bicyclic) bond motifs is 1. The van der Waals surface area contributed by atoms with E-state index in [0.717, 1.165) is 18.2 Å². The Morgan fingerprint density at radius 3 is 2.53 bits per heavy atom. The molecule has 1 aromatic carbocycles. The number of rotatable bonds is 5. The van der Waals surface area contributed by atoms with Gasteiger partial charge in [0.2, 0.25) is 5.82 Å². The summed E-state index contributed by atoms with van der Waals surface area (Å²) in [4.78, 5) is 31.4. The monoisotopic (exact) mass is 420 g/mol. The maximum absolute atomic E-state index is 12.7. The molecule has 0 fully saturated rings. The van der Waals surface area contributed by atoms with Crippen molar-refractivity contribution in [3.8, 4) is 0 Å². The molecule has 0 saturated carbocycles. The van der Waals surface area contributed by atoms with Crippen molar-refractivity contribution in [2.24, 2.45) is 11.0 Å². The van der Waals surface area contributed by atoms with Crippen LogP contribution in [0.5, 0.6) is 0 Å². The number of halogens is 3. The van der Waals surface area contributed by atoms with Gasteiger partial charge in [0.05, 0.1) is 5.71 Å². The summed E-state index contributed by atoms with van der Waals surface area (Å²) in [7, 11) is 0. The largest absolute Gasteiger partial charge is 0.451 e. The molecule has 0 aliphatic heterocycles. The Hall–Kier alpha value is -3.50. The molecule has 11 heteroatoms. The van der Waals surface area contributed by atoms with E-state index in [1.165, 1.54) is 5.56 Å². The van der Waals surface area contributed by atoms with Gasteiger partial charge in [-0.05, 0) is 30.4 Å². The third-order valence-corrected chi connectivity index (χ3v) is 4.23. The standard InChI is InChI=1S/C19H19F3N6O2/c1-10(2)8-12-4-6-13(7-5-12)11(3)25-26-15(29)14-9-23-18-24-17(19(20,21)22)27-28(18)16(14)30/h4-7,9-10H,8H2,1-3H3,(H,26,29)(H,23,24,27). The topological polar surface area (TPSA) is 105 Å². The molecule has 0 unspecified atom stereocenters. The van der Waals surface area contributed by atoms with Gasteiger partial charge in [-0.3, -0.25) is 14.7 Å². The lowest BCUT2D eigenvalue weighted by molar-refractivity contribution is -0.144. The molecule has 158 valence electrons. The first-order chi connectivity index (χ1) is 14.1. The van der Waals surface area contributed by atoms with Gasteiger partial charge in [-0.15, -0.1) is 0 Å². The summed E-state index contributed by atoms with van der Waals surface area (Å²) in [5.41, 5.74) is 3.17. The summed E-state index contributed by atoms with van der Waals surface area (Å²) in [6.45, 7) is 5.92. The van der Waals surface area contributed by atoms with Crippen LogP contribution in [0.1, 0.15) is 48.1 Å². The van der Waals surface area contributed by atoms with Crippen LogP contribution in [0.4, 0.5) is 13.2 Å². The van der Waals surface area contributed by atoms with Crippen LogP contribution in [0.3, 0.4) is 0 Å². The second kappa shape index (κ2) is 8.09. The highest BCUT2D eigenvalue weighted by Gasteiger charge is 2.35. The molecule has 3 rings (SSSR count). The lowest BCUT2D eigenvalue weighted by atomic mass is 10.0. The molecule has 0 aliphatic carbocycles. The van der Waals surface area contributed by atoms with Gasteiger partial charge in [0.25, 0.3) is 17.2 Å². The SMILES string of the molecule is CC(=NNC(=O)c1cnc2nc(C(F)(F)F)[nH]n2c1=O)c1ccc(CC(C)C)cc1. The van der Waals surface area contributed by atoms with Crippen molar-refractivity contribution in [3.05, 3.63) is 63.3 Å². The first-order valence-electron chi connectivity index (χ1n) is 9.05. The van der Waals surface area contributed by atoms with Crippen LogP contribution in [0.25, 0.3) is 5.78 Å². The molecule has 8 nitrogen and oxygen atoms in total. The minimum absolute atomic E-state index is 0.460. The number of benzene rings is 1. The van der Waals surface area contributed by atoms with Crippen molar-refractivity contribution in [1.29, 1.82) is 0 Å². The third kappa shape index (κ3) is 4.56. The van der Waals surface area contributed by atoms with Crippen LogP contribution in [0.2, 0.25) is 0 Å². The number of nitrogens with zero attached hydrogens (tertiary/aromatic N) is 4. The van der Waals surface area contributed by atoms with E-state index in [0.29, 0.717) is 16.1 Å². The number of aromatic nitrogens is 4. The van der Waals surface area contributed by atoms with Crippen LogP contribution in [0, 0.1) is 5.92 Å². The van der Waals surface area contributed by atoms with Crippen molar-refractivity contribution >= 4 is 17.4 Å². The van der Waals surface area contributed by atoms with Crippen molar-refractivity contribution in [2.75, 3.05) is 0 Å². The summed E-state index contributed by atoms with van der Waals surface area (Å²) in [6.07, 6.45) is -2.98. The van der Waals surface area contributed by atoms with Gasteiger partial charge >= 0.3 is 6.18 Å². The first-order valence-corrected chi connectivity index (χ1v) is 9.05. The number of carbonyl (C=O) groups excluding carboxylic acids is 1. The fourth-order valence-corrected chi connectivity index (χ4v) is 2.75. The predicted molar refractivity (Wildman–Crippen MR) is 103 cm³/mol. The number of alkyl halides is 3. The number of carbonyl (C=O) groups is 1. The van der Waals surface area contributed by atoms with Crippen LogP contribution in [-0.2, 0) is 12.6 Å². The molecule has 0 radical (unpaired) electrons. The quantitative estimate of drug-likeness (QED) is 0.489. The minimum atomic E-state index is -4.78. The number of hydrogen-bond acceptors (Lipinski definition) is 5. The molecule has 30 heavy (non-hydrogen) atoms. The van der Waals surface area contributed by atoms with Gasteiger partial charge in [-0.25, -0.2) is 10.4 Å². The lowest BCUT2D eigenvalue weighted by Crippen LogP contribution is -2.30. The summed E-state index contributed by atoms with van der Waals surface area (Å²) >= 11 is 0. The molecular weight excluding hydrogens is 401 g/mol. The Labute approximate surface area is 168 Å². The molecular formula is C19H19F3N6O2. The van der Waals surface area contributed by atoms with E-state index in [-0.39, 0.29) is 0 Å². The zero-order valence-corrected chi connectivity index (χ0v) is 16.4. The van der Waals surface area contributed by atoms with E-state index in [2.05, 4.69) is 34.3 Å². The fourth-order valence-electron chi connectivity index (χ4n) is 2.75. The number of hydrazone groups is 1. The Morgan fingerprint density at radius 1 is 1.27 bits per heavy atom. The molecule has 3 aromatic rings. The fraction of sp³-hybridized carbons (Fsp3) is 0.316. The number of aromatic amines is 1. The van der Waals surface area contributed by atoms with Gasteiger partial charge in [-0.2, -0.15) is 27.8 Å². The average Bonchev–Trinajstić information content (AvgIpc) is 3.12. The third-order valence-electron chi connectivity index (χ3n) is 4.23. The number of amides is 1. The Morgan fingerprint density at radius 2 is 1.93 bits per heavy atom. The Balaban J connectivity index is 1.79. The minimum Gasteiger partial charge on any atom is -0.267 e. The van der Waals surface area contributed by atoms with E-state index >= 15 is 0 Å². The molecule has 2 N–H and O–H groups in total. The van der Waals surface area contributed by atoms with E-state index in [1.54, 1.807) is 12.0 Å². The number of hydrogen-bond donors (Lipinski definition) is 2. The van der Waals surface area contributed by atoms with Crippen molar-refractivity contribution in [3.63, 3.8) is 0 Å². The van der Waals surface area contributed by atoms with Crippen molar-refractivity contribution in [1.82, 2.24) is 25.0 Å². The molecule has 2 heterocycles. The summed E-state index contributed by atoms with van der Waals surface area (Å²) in [5, 5.41) is 5.76. The summed E-state index contributed by atoms with van der Waals surface area (Å²) in [6, 6.07) is 7.68. The second-order valence-corrected chi connectivity index (χ2v) is 7.12. The van der Waals surface area contributed by atoms with Crippen molar-refractivity contribution < 1.29 is 18.0 Å². The smallest absolute Gasteiger partial charge is 0.267 e. The normalized spacial score (nSPS) is 12.6. The van der Waals surface area contributed by atoms with Crippen LogP contribution < -0.4 is 11.0 Å². The first kappa shape index (κ1) is 21.2. The van der Waals surface area contributed by atoms with E-state index in [9.17, 15) is 22.8 Å². The van der Waals surface area contributed by atoms with Crippen molar-refractivity contribution in [2.45, 2.75) is 33.4 Å². The highest BCUT2D eigenvalue weighted by Crippen LogP contribution is 2.25. The van der Waals surface area contributed by atoms with Gasteiger partial charge in [0, 0.05) is 6.20 Å². The summed E-state index contributed by atoms with van der Waals surface area (Å²) < 4.78 is 38.7. The molecule has 0 atom stereocenters. The maximum atomic E-state index is 12.7. The van der Waals surface area contributed by atoms with Crippen LogP contribution >= 0.6 is 0 Å². The highest BCUT2D eigenvalue weighted by atomic mass is 19.4. The van der Waals surface area contributed by atoms with Gasteiger partial charge in [-0.1, -0.05) is 38.1 Å². The molecule has 2 aromatic heterocycles. The van der Waals surface area contributed by atoms with E-state index in [1.807, 2.05) is 24.3 Å². The Bertz CT molecular complexity index is 1160. The zero-order valence-electron chi connectivity index (χ0n) is 16.4. The van der Waals surface area contributed by atoms with Gasteiger partial charge in [0.15, 0.2) is 0 Å². The number of H-pyrrole nitrogens is 1. The zero-order chi connectivity index (χ0) is 22.1. The molecule has 0 aliphatic rings. The van der Waals surface area contributed by atoms with E-state index < -0.39 is 34.8 Å². The average molecular weight is 420 g/mol. The van der Waals surface area contributed by atoms with Gasteiger partial charge < -0.3 is 0 Å². The Kier molecular flexibility index (Phi) is 5.72. The summed E-state index contributed by atoms with van der Waals surface area (Å²) in [5.74, 6) is -2.26. The number of nitrogens with one attached hydrogen (secondary N) is 2. The van der Waals surface area contributed by atoms with Crippen LogP contribution in [-0.4, -0.2) is 31.2 Å².